The van der Waals surface area contributed by atoms with Gasteiger partial charge in [-0.05, 0) is 37.0 Å². The summed E-state index contributed by atoms with van der Waals surface area (Å²) in [5.74, 6) is 0.140. The topological polar surface area (TPSA) is 41.6 Å². The Kier molecular flexibility index (Phi) is 7.19. The first kappa shape index (κ1) is 19.1. The Balaban J connectivity index is 2.42. The molecule has 1 rings (SSSR count). The van der Waals surface area contributed by atoms with Crippen LogP contribution in [0.25, 0.3) is 0 Å². The van der Waals surface area contributed by atoms with Crippen molar-refractivity contribution in [2.75, 3.05) is 19.6 Å². The molecule has 0 unspecified atom stereocenters. The summed E-state index contributed by atoms with van der Waals surface area (Å²) < 4.78 is 40.0. The number of amides is 2. The van der Waals surface area contributed by atoms with Gasteiger partial charge in [-0.25, -0.2) is 4.79 Å². The van der Waals surface area contributed by atoms with Crippen molar-refractivity contribution in [3.8, 4) is 5.75 Å². The van der Waals surface area contributed by atoms with Gasteiger partial charge >= 0.3 is 12.4 Å². The highest BCUT2D eigenvalue weighted by atomic mass is 19.4. The number of carbonyl (C=O) groups is 1. The Morgan fingerprint density at radius 3 is 2.35 bits per heavy atom. The van der Waals surface area contributed by atoms with Crippen molar-refractivity contribution < 1.29 is 22.7 Å². The van der Waals surface area contributed by atoms with E-state index in [4.69, 9.17) is 0 Å². The van der Waals surface area contributed by atoms with E-state index >= 15 is 0 Å². The van der Waals surface area contributed by atoms with Crippen LogP contribution in [0.15, 0.2) is 24.3 Å². The van der Waals surface area contributed by atoms with Crippen LogP contribution < -0.4 is 10.1 Å². The number of hydrogen-bond acceptors (Lipinski definition) is 2. The zero-order chi connectivity index (χ0) is 17.5. The summed E-state index contributed by atoms with van der Waals surface area (Å²) in [5, 5.41) is 2.82. The van der Waals surface area contributed by atoms with Crippen LogP contribution in [0.1, 0.15) is 26.3 Å². The molecule has 0 bridgehead atoms. The highest BCUT2D eigenvalue weighted by molar-refractivity contribution is 5.74. The van der Waals surface area contributed by atoms with Crippen molar-refractivity contribution in [3.63, 3.8) is 0 Å². The molecule has 0 heterocycles. The smallest absolute Gasteiger partial charge is 0.406 e. The number of ether oxygens (including phenoxy) is 1. The molecular formula is C16H23F3N2O2. The van der Waals surface area contributed by atoms with Gasteiger partial charge in [-0.1, -0.05) is 26.0 Å². The van der Waals surface area contributed by atoms with Gasteiger partial charge in [0.25, 0.3) is 0 Å². The maximum absolute atomic E-state index is 12.1. The number of nitrogens with one attached hydrogen (secondary N) is 1. The van der Waals surface area contributed by atoms with Gasteiger partial charge in [0.05, 0.1) is 0 Å². The van der Waals surface area contributed by atoms with Gasteiger partial charge in [0.2, 0.25) is 0 Å². The first-order valence-corrected chi connectivity index (χ1v) is 7.58. The van der Waals surface area contributed by atoms with Crippen LogP contribution in [0.4, 0.5) is 18.0 Å². The van der Waals surface area contributed by atoms with Crippen LogP contribution in [-0.4, -0.2) is 36.9 Å². The molecule has 0 aromatic heterocycles. The van der Waals surface area contributed by atoms with Gasteiger partial charge in [-0.3, -0.25) is 0 Å². The summed E-state index contributed by atoms with van der Waals surface area (Å²) in [6.07, 6.45) is -4.15. The average Bonchev–Trinajstić information content (AvgIpc) is 2.44. The minimum Gasteiger partial charge on any atom is -0.406 e. The van der Waals surface area contributed by atoms with Crippen molar-refractivity contribution >= 4 is 6.03 Å². The number of carbonyl (C=O) groups excluding carboxylic acids is 1. The van der Waals surface area contributed by atoms with Crippen molar-refractivity contribution in [1.82, 2.24) is 10.2 Å². The van der Waals surface area contributed by atoms with Gasteiger partial charge < -0.3 is 15.0 Å². The fourth-order valence-electron chi connectivity index (χ4n) is 2.08. The van der Waals surface area contributed by atoms with Crippen molar-refractivity contribution in [2.24, 2.45) is 5.92 Å². The van der Waals surface area contributed by atoms with Gasteiger partial charge in [0.1, 0.15) is 5.75 Å². The van der Waals surface area contributed by atoms with Gasteiger partial charge in [0.15, 0.2) is 0 Å². The third-order valence-corrected chi connectivity index (χ3v) is 3.10. The molecule has 0 atom stereocenters. The molecule has 0 saturated carbocycles. The lowest BCUT2D eigenvalue weighted by Crippen LogP contribution is -2.42. The van der Waals surface area contributed by atoms with E-state index in [0.29, 0.717) is 32.0 Å². The molecule has 0 saturated heterocycles. The fourth-order valence-corrected chi connectivity index (χ4v) is 2.08. The summed E-state index contributed by atoms with van der Waals surface area (Å²) >= 11 is 0. The number of nitrogens with zero attached hydrogens (tertiary/aromatic N) is 1. The highest BCUT2D eigenvalue weighted by Crippen LogP contribution is 2.22. The normalized spacial score (nSPS) is 11.4. The molecule has 1 aromatic rings. The fraction of sp³-hybridized carbons (Fsp3) is 0.562. The molecular weight excluding hydrogens is 309 g/mol. The SMILES string of the molecule is CCN(CC(C)C)C(=O)NCCc1ccc(OC(F)(F)F)cc1. The van der Waals surface area contributed by atoms with E-state index in [1.54, 1.807) is 17.0 Å². The largest absolute Gasteiger partial charge is 0.573 e. The average molecular weight is 332 g/mol. The molecule has 0 radical (unpaired) electrons. The lowest BCUT2D eigenvalue weighted by Gasteiger charge is -2.23. The van der Waals surface area contributed by atoms with Crippen molar-refractivity contribution in [2.45, 2.75) is 33.6 Å². The first-order chi connectivity index (χ1) is 10.7. The Labute approximate surface area is 134 Å². The van der Waals surface area contributed by atoms with Gasteiger partial charge in [-0.15, -0.1) is 13.2 Å². The summed E-state index contributed by atoms with van der Waals surface area (Å²) in [6.45, 7) is 7.74. The molecule has 0 aliphatic rings. The van der Waals surface area contributed by atoms with E-state index in [-0.39, 0.29) is 11.8 Å². The standard InChI is InChI=1S/C16H23F3N2O2/c1-4-21(11-12(2)3)15(22)20-10-9-13-5-7-14(8-6-13)23-16(17,18)19/h5-8,12H,4,9-11H2,1-3H3,(H,20,22). The summed E-state index contributed by atoms with van der Waals surface area (Å²) in [4.78, 5) is 13.7. The monoisotopic (exact) mass is 332 g/mol. The van der Waals surface area contributed by atoms with Gasteiger partial charge in [0, 0.05) is 19.6 Å². The molecule has 7 heteroatoms. The van der Waals surface area contributed by atoms with Crippen molar-refractivity contribution in [3.05, 3.63) is 29.8 Å². The van der Waals surface area contributed by atoms with Gasteiger partial charge in [-0.2, -0.15) is 0 Å². The summed E-state index contributed by atoms with van der Waals surface area (Å²) in [5.41, 5.74) is 0.826. The van der Waals surface area contributed by atoms with E-state index in [9.17, 15) is 18.0 Å². The lowest BCUT2D eigenvalue weighted by atomic mass is 10.1. The molecule has 130 valence electrons. The molecule has 23 heavy (non-hydrogen) atoms. The molecule has 0 aliphatic heterocycles. The molecule has 1 aromatic carbocycles. The second-order valence-corrected chi connectivity index (χ2v) is 5.61. The second-order valence-electron chi connectivity index (χ2n) is 5.61. The molecule has 0 fully saturated rings. The van der Waals surface area contributed by atoms with E-state index in [0.717, 1.165) is 5.56 Å². The number of urea groups is 1. The van der Waals surface area contributed by atoms with Crippen LogP contribution in [0.3, 0.4) is 0 Å². The van der Waals surface area contributed by atoms with Crippen LogP contribution in [0.5, 0.6) is 5.75 Å². The minimum absolute atomic E-state index is 0.127. The minimum atomic E-state index is -4.69. The number of rotatable bonds is 7. The Morgan fingerprint density at radius 2 is 1.87 bits per heavy atom. The number of hydrogen-bond donors (Lipinski definition) is 1. The van der Waals surface area contributed by atoms with E-state index in [1.165, 1.54) is 12.1 Å². The molecule has 4 nitrogen and oxygen atoms in total. The predicted molar refractivity (Wildman–Crippen MR) is 82.3 cm³/mol. The van der Waals surface area contributed by atoms with E-state index in [2.05, 4.69) is 10.1 Å². The van der Waals surface area contributed by atoms with Crippen molar-refractivity contribution in [1.29, 1.82) is 0 Å². The van der Waals surface area contributed by atoms with E-state index in [1.807, 2.05) is 20.8 Å². The summed E-state index contributed by atoms with van der Waals surface area (Å²) in [6, 6.07) is 5.51. The van der Waals surface area contributed by atoms with Crippen LogP contribution in [-0.2, 0) is 6.42 Å². The molecule has 1 N–H and O–H groups in total. The zero-order valence-electron chi connectivity index (χ0n) is 13.6. The molecule has 2 amide bonds. The third kappa shape index (κ3) is 7.76. The second kappa shape index (κ2) is 8.64. The number of benzene rings is 1. The van der Waals surface area contributed by atoms with Crippen LogP contribution in [0.2, 0.25) is 0 Å². The first-order valence-electron chi connectivity index (χ1n) is 7.58. The quantitative estimate of drug-likeness (QED) is 0.825. The van der Waals surface area contributed by atoms with Crippen LogP contribution >= 0.6 is 0 Å². The summed E-state index contributed by atoms with van der Waals surface area (Å²) in [7, 11) is 0. The Bertz CT molecular complexity index is 487. The Hall–Kier alpha value is -1.92. The van der Waals surface area contributed by atoms with E-state index < -0.39 is 6.36 Å². The Morgan fingerprint density at radius 1 is 1.26 bits per heavy atom. The number of halogens is 3. The lowest BCUT2D eigenvalue weighted by molar-refractivity contribution is -0.274. The highest BCUT2D eigenvalue weighted by Gasteiger charge is 2.30. The molecule has 0 aliphatic carbocycles. The maximum Gasteiger partial charge on any atom is 0.573 e. The number of alkyl halides is 3. The molecule has 0 spiro atoms. The predicted octanol–water partition coefficient (Wildman–Crippen LogP) is 3.82. The maximum atomic E-state index is 12.1. The van der Waals surface area contributed by atoms with Crippen LogP contribution in [0, 0.1) is 5.92 Å². The zero-order valence-corrected chi connectivity index (χ0v) is 13.6. The third-order valence-electron chi connectivity index (χ3n) is 3.10.